The van der Waals surface area contributed by atoms with Gasteiger partial charge in [0.25, 0.3) is 0 Å². The molecule has 0 atom stereocenters. The Morgan fingerprint density at radius 3 is 2.83 bits per heavy atom. The number of halogens is 2. The monoisotopic (exact) mass is 417 g/mol. The van der Waals surface area contributed by atoms with Crippen LogP contribution >= 0.6 is 11.6 Å². The summed E-state index contributed by atoms with van der Waals surface area (Å²) in [6.45, 7) is 7.29. The molecule has 0 aliphatic rings. The second kappa shape index (κ2) is 9.88. The molecule has 0 aliphatic heterocycles. The van der Waals surface area contributed by atoms with Crippen LogP contribution in [0.15, 0.2) is 49.1 Å². The van der Waals surface area contributed by atoms with Gasteiger partial charge in [-0.15, -0.1) is 6.58 Å². The number of nitrogens with zero attached hydrogens (tertiary/aromatic N) is 4. The quantitative estimate of drug-likeness (QED) is 0.497. The molecule has 0 fully saturated rings. The van der Waals surface area contributed by atoms with Gasteiger partial charge in [-0.1, -0.05) is 34.9 Å². The highest BCUT2D eigenvalue weighted by molar-refractivity contribution is 6.31. The molecule has 1 aromatic heterocycles. The summed E-state index contributed by atoms with van der Waals surface area (Å²) in [5, 5.41) is 15.0. The lowest BCUT2D eigenvalue weighted by molar-refractivity contribution is 0.269. The van der Waals surface area contributed by atoms with Crippen molar-refractivity contribution in [3.05, 3.63) is 71.0 Å². The van der Waals surface area contributed by atoms with Gasteiger partial charge in [0.1, 0.15) is 12.4 Å². The summed E-state index contributed by atoms with van der Waals surface area (Å²) in [6.07, 6.45) is 1.72. The molecular weight excluding hydrogens is 397 g/mol. The first-order valence-electron chi connectivity index (χ1n) is 9.04. The van der Waals surface area contributed by atoms with Gasteiger partial charge in [0.15, 0.2) is 11.5 Å². The SMILES string of the molecule is C=CCn1nnnc1NCc1ccc(OCc2ccc(F)cc2Cl)c(OCC)c1. The minimum atomic E-state index is -0.385. The van der Waals surface area contributed by atoms with Crippen LogP contribution in [0.5, 0.6) is 11.5 Å². The normalized spacial score (nSPS) is 10.6. The molecule has 0 unspecified atom stereocenters. The third-order valence-corrected chi connectivity index (χ3v) is 4.34. The van der Waals surface area contributed by atoms with Crippen molar-refractivity contribution >= 4 is 17.5 Å². The van der Waals surface area contributed by atoms with Crippen molar-refractivity contribution in [3.63, 3.8) is 0 Å². The van der Waals surface area contributed by atoms with E-state index in [0.29, 0.717) is 47.7 Å². The number of aromatic nitrogens is 4. The summed E-state index contributed by atoms with van der Waals surface area (Å²) in [7, 11) is 0. The van der Waals surface area contributed by atoms with Crippen molar-refractivity contribution in [1.29, 1.82) is 0 Å². The molecule has 1 heterocycles. The smallest absolute Gasteiger partial charge is 0.243 e. The summed E-state index contributed by atoms with van der Waals surface area (Å²) in [5.41, 5.74) is 1.66. The Morgan fingerprint density at radius 1 is 1.21 bits per heavy atom. The van der Waals surface area contributed by atoms with Gasteiger partial charge in [0, 0.05) is 12.1 Å². The van der Waals surface area contributed by atoms with Crippen molar-refractivity contribution in [2.75, 3.05) is 11.9 Å². The van der Waals surface area contributed by atoms with Gasteiger partial charge in [0.05, 0.1) is 18.2 Å². The minimum Gasteiger partial charge on any atom is -0.490 e. The predicted octanol–water partition coefficient (Wildman–Crippen LogP) is 4.24. The Balaban J connectivity index is 1.69. The van der Waals surface area contributed by atoms with Gasteiger partial charge in [-0.2, -0.15) is 0 Å². The third-order valence-electron chi connectivity index (χ3n) is 3.99. The van der Waals surface area contributed by atoms with Crippen LogP contribution in [0.2, 0.25) is 5.02 Å². The van der Waals surface area contributed by atoms with Crippen LogP contribution in [0.1, 0.15) is 18.1 Å². The molecule has 3 rings (SSSR count). The Morgan fingerprint density at radius 2 is 2.07 bits per heavy atom. The van der Waals surface area contributed by atoms with Gasteiger partial charge < -0.3 is 14.8 Å². The van der Waals surface area contributed by atoms with E-state index in [9.17, 15) is 4.39 Å². The highest BCUT2D eigenvalue weighted by Crippen LogP contribution is 2.30. The summed E-state index contributed by atoms with van der Waals surface area (Å²) in [6, 6.07) is 9.84. The van der Waals surface area contributed by atoms with E-state index in [-0.39, 0.29) is 12.4 Å². The Bertz CT molecular complexity index is 979. The Labute approximate surface area is 173 Å². The van der Waals surface area contributed by atoms with Crippen molar-refractivity contribution in [2.45, 2.75) is 26.6 Å². The average Bonchev–Trinajstić information content (AvgIpc) is 3.14. The maximum absolute atomic E-state index is 13.2. The molecule has 1 N–H and O–H groups in total. The van der Waals surface area contributed by atoms with Crippen LogP contribution in [0.4, 0.5) is 10.3 Å². The number of nitrogens with one attached hydrogen (secondary N) is 1. The van der Waals surface area contributed by atoms with E-state index >= 15 is 0 Å². The molecule has 152 valence electrons. The van der Waals surface area contributed by atoms with Crippen LogP contribution in [0, 0.1) is 5.82 Å². The fourth-order valence-electron chi connectivity index (χ4n) is 2.60. The minimum absolute atomic E-state index is 0.201. The molecule has 0 radical (unpaired) electrons. The van der Waals surface area contributed by atoms with Gasteiger partial charge in [-0.25, -0.2) is 9.07 Å². The van der Waals surface area contributed by atoms with E-state index in [0.717, 1.165) is 5.56 Å². The second-order valence-electron chi connectivity index (χ2n) is 6.07. The summed E-state index contributed by atoms with van der Waals surface area (Å²) < 4.78 is 26.4. The van der Waals surface area contributed by atoms with E-state index in [1.165, 1.54) is 12.1 Å². The predicted molar refractivity (Wildman–Crippen MR) is 109 cm³/mol. The molecular formula is C20H21ClFN5O2. The molecule has 0 saturated carbocycles. The fourth-order valence-corrected chi connectivity index (χ4v) is 2.82. The van der Waals surface area contributed by atoms with Gasteiger partial charge in [-0.3, -0.25) is 0 Å². The van der Waals surface area contributed by atoms with Crippen LogP contribution in [-0.4, -0.2) is 26.8 Å². The van der Waals surface area contributed by atoms with E-state index < -0.39 is 0 Å². The first kappa shape index (κ1) is 20.6. The Hall–Kier alpha value is -3.13. The lowest BCUT2D eigenvalue weighted by Gasteiger charge is -2.14. The van der Waals surface area contributed by atoms with Crippen molar-refractivity contribution < 1.29 is 13.9 Å². The number of anilines is 1. The molecule has 0 amide bonds. The van der Waals surface area contributed by atoms with Crippen molar-refractivity contribution in [2.24, 2.45) is 0 Å². The molecule has 29 heavy (non-hydrogen) atoms. The lowest BCUT2D eigenvalue weighted by atomic mass is 10.2. The number of hydrogen-bond acceptors (Lipinski definition) is 6. The summed E-state index contributed by atoms with van der Waals surface area (Å²) in [5.74, 6) is 1.35. The highest BCUT2D eigenvalue weighted by Gasteiger charge is 2.10. The van der Waals surface area contributed by atoms with Gasteiger partial charge in [0.2, 0.25) is 5.95 Å². The van der Waals surface area contributed by atoms with E-state index in [4.69, 9.17) is 21.1 Å². The zero-order chi connectivity index (χ0) is 20.6. The van der Waals surface area contributed by atoms with E-state index in [2.05, 4.69) is 27.4 Å². The van der Waals surface area contributed by atoms with Crippen LogP contribution in [0.3, 0.4) is 0 Å². The summed E-state index contributed by atoms with van der Waals surface area (Å²) >= 11 is 6.06. The average molecular weight is 418 g/mol. The highest BCUT2D eigenvalue weighted by atomic mass is 35.5. The van der Waals surface area contributed by atoms with Crippen LogP contribution < -0.4 is 14.8 Å². The maximum atomic E-state index is 13.2. The zero-order valence-corrected chi connectivity index (χ0v) is 16.7. The first-order chi connectivity index (χ1) is 14.1. The molecule has 0 saturated heterocycles. The van der Waals surface area contributed by atoms with Crippen molar-refractivity contribution in [1.82, 2.24) is 20.2 Å². The fraction of sp³-hybridized carbons (Fsp3) is 0.250. The number of ether oxygens (including phenoxy) is 2. The molecule has 9 heteroatoms. The molecule has 0 spiro atoms. The summed E-state index contributed by atoms with van der Waals surface area (Å²) in [4.78, 5) is 0. The number of allylic oxidation sites excluding steroid dienone is 1. The van der Waals surface area contributed by atoms with Crippen molar-refractivity contribution in [3.8, 4) is 11.5 Å². The first-order valence-corrected chi connectivity index (χ1v) is 9.42. The number of benzene rings is 2. The van der Waals surface area contributed by atoms with E-state index in [1.54, 1.807) is 16.8 Å². The van der Waals surface area contributed by atoms with Gasteiger partial charge in [-0.05, 0) is 47.2 Å². The number of hydrogen-bond donors (Lipinski definition) is 1. The zero-order valence-electron chi connectivity index (χ0n) is 15.9. The molecule has 0 aliphatic carbocycles. The molecule has 0 bridgehead atoms. The lowest BCUT2D eigenvalue weighted by Crippen LogP contribution is -2.08. The number of tetrazole rings is 1. The second-order valence-corrected chi connectivity index (χ2v) is 6.47. The molecule has 2 aromatic carbocycles. The third kappa shape index (κ3) is 5.45. The largest absolute Gasteiger partial charge is 0.490 e. The van der Waals surface area contributed by atoms with Crippen LogP contribution in [-0.2, 0) is 19.7 Å². The maximum Gasteiger partial charge on any atom is 0.243 e. The molecule has 7 nitrogen and oxygen atoms in total. The van der Waals surface area contributed by atoms with E-state index in [1.807, 2.05) is 25.1 Å². The van der Waals surface area contributed by atoms with Crippen LogP contribution in [0.25, 0.3) is 0 Å². The Kier molecular flexibility index (Phi) is 7.02. The van der Waals surface area contributed by atoms with Gasteiger partial charge >= 0.3 is 0 Å². The number of rotatable bonds is 10. The molecule has 3 aromatic rings. The standard InChI is InChI=1S/C20H21ClFN5O2/c1-3-9-27-20(24-25-26-27)23-12-14-5-8-18(19(10-14)28-4-2)29-13-15-6-7-16(22)11-17(15)21/h3,5-8,10-11H,1,4,9,12-13H2,2H3,(H,23,24,26). The topological polar surface area (TPSA) is 74.1 Å².